The molecule has 2 nitrogen and oxygen atoms in total. The number of nitrogens with one attached hydrogen (secondary N) is 1. The van der Waals surface area contributed by atoms with Crippen molar-refractivity contribution in [1.82, 2.24) is 10.2 Å². The van der Waals surface area contributed by atoms with E-state index in [1.807, 2.05) is 19.2 Å². The molecule has 0 fully saturated rings. The summed E-state index contributed by atoms with van der Waals surface area (Å²) in [6, 6.07) is 0. The van der Waals surface area contributed by atoms with Crippen LogP contribution in [0.1, 0.15) is 13.8 Å². The summed E-state index contributed by atoms with van der Waals surface area (Å²) in [7, 11) is 1.99. The van der Waals surface area contributed by atoms with Crippen LogP contribution in [0.15, 0.2) is 25.3 Å². The van der Waals surface area contributed by atoms with Crippen LogP contribution >= 0.6 is 0 Å². The zero-order chi connectivity index (χ0) is 10.3. The van der Waals surface area contributed by atoms with Gasteiger partial charge in [0.1, 0.15) is 0 Å². The normalized spacial score (nSPS) is 11.7. The lowest BCUT2D eigenvalue weighted by Gasteiger charge is -2.31. The van der Waals surface area contributed by atoms with E-state index in [-0.39, 0.29) is 5.54 Å². The lowest BCUT2D eigenvalue weighted by atomic mass is 10.1. The second-order valence-corrected chi connectivity index (χ2v) is 3.91. The zero-order valence-corrected chi connectivity index (χ0v) is 9.14. The van der Waals surface area contributed by atoms with Gasteiger partial charge in [-0.15, -0.1) is 13.2 Å². The Hall–Kier alpha value is -0.600. The van der Waals surface area contributed by atoms with Gasteiger partial charge in [0.05, 0.1) is 0 Å². The summed E-state index contributed by atoms with van der Waals surface area (Å²) in [5, 5.41) is 3.28. The predicted molar refractivity (Wildman–Crippen MR) is 60.0 cm³/mol. The lowest BCUT2D eigenvalue weighted by Crippen LogP contribution is -2.47. The standard InChI is InChI=1S/C11H22N2/c1-6-8-13(9-7-2)10-11(3,4)12-5/h6-7,12H,1-2,8-10H2,3-5H3. The molecule has 0 saturated heterocycles. The molecule has 1 N–H and O–H groups in total. The molecular weight excluding hydrogens is 160 g/mol. The van der Waals surface area contributed by atoms with E-state index in [9.17, 15) is 0 Å². The molecule has 2 heteroatoms. The molecule has 0 atom stereocenters. The average Bonchev–Trinajstić information content (AvgIpc) is 2.05. The molecule has 0 unspecified atom stereocenters. The molecule has 76 valence electrons. The van der Waals surface area contributed by atoms with Crippen LogP contribution in [0.5, 0.6) is 0 Å². The minimum atomic E-state index is 0.145. The van der Waals surface area contributed by atoms with Gasteiger partial charge in [0.25, 0.3) is 0 Å². The van der Waals surface area contributed by atoms with E-state index in [4.69, 9.17) is 0 Å². The highest BCUT2D eigenvalue weighted by Gasteiger charge is 2.17. The van der Waals surface area contributed by atoms with E-state index in [1.165, 1.54) is 0 Å². The topological polar surface area (TPSA) is 15.3 Å². The molecule has 0 saturated carbocycles. The first kappa shape index (κ1) is 12.4. The molecule has 0 aliphatic rings. The van der Waals surface area contributed by atoms with Gasteiger partial charge in [-0.1, -0.05) is 12.2 Å². The predicted octanol–water partition coefficient (Wildman–Crippen LogP) is 1.66. The molecule has 0 radical (unpaired) electrons. The third-order valence-corrected chi connectivity index (χ3v) is 2.07. The largest absolute Gasteiger partial charge is 0.314 e. The molecule has 0 aliphatic carbocycles. The van der Waals surface area contributed by atoms with E-state index in [0.29, 0.717) is 0 Å². The molecule has 0 rings (SSSR count). The molecule has 0 aromatic carbocycles. The maximum atomic E-state index is 3.74. The molecule has 0 bridgehead atoms. The van der Waals surface area contributed by atoms with Crippen molar-refractivity contribution in [3.63, 3.8) is 0 Å². The van der Waals surface area contributed by atoms with Gasteiger partial charge >= 0.3 is 0 Å². The Morgan fingerprint density at radius 2 is 1.69 bits per heavy atom. The Bertz CT molecular complexity index is 151. The van der Waals surface area contributed by atoms with E-state index in [1.54, 1.807) is 0 Å². The van der Waals surface area contributed by atoms with Crippen LogP contribution < -0.4 is 5.32 Å². The maximum Gasteiger partial charge on any atom is 0.0249 e. The second-order valence-electron chi connectivity index (χ2n) is 3.91. The third-order valence-electron chi connectivity index (χ3n) is 2.07. The van der Waals surface area contributed by atoms with Crippen molar-refractivity contribution in [2.24, 2.45) is 0 Å². The highest BCUT2D eigenvalue weighted by atomic mass is 15.2. The van der Waals surface area contributed by atoms with Gasteiger partial charge in [-0.05, 0) is 20.9 Å². The van der Waals surface area contributed by atoms with Gasteiger partial charge in [0.2, 0.25) is 0 Å². The van der Waals surface area contributed by atoms with E-state index in [2.05, 4.69) is 37.2 Å². The maximum absolute atomic E-state index is 3.74. The smallest absolute Gasteiger partial charge is 0.0249 e. The summed E-state index contributed by atoms with van der Waals surface area (Å²) in [4.78, 5) is 2.30. The summed E-state index contributed by atoms with van der Waals surface area (Å²) in [6.45, 7) is 14.7. The van der Waals surface area contributed by atoms with Crippen LogP contribution in [-0.4, -0.2) is 37.1 Å². The first-order valence-corrected chi connectivity index (χ1v) is 4.69. The molecule has 0 aromatic rings. The lowest BCUT2D eigenvalue weighted by molar-refractivity contribution is 0.243. The van der Waals surface area contributed by atoms with Gasteiger partial charge < -0.3 is 5.32 Å². The van der Waals surface area contributed by atoms with Crippen LogP contribution in [0.2, 0.25) is 0 Å². The molecule has 0 aromatic heterocycles. The Labute approximate surface area is 82.3 Å². The van der Waals surface area contributed by atoms with Crippen LogP contribution in [0.3, 0.4) is 0 Å². The van der Waals surface area contributed by atoms with Gasteiger partial charge in [-0.3, -0.25) is 4.90 Å². The van der Waals surface area contributed by atoms with E-state index in [0.717, 1.165) is 19.6 Å². The minimum Gasteiger partial charge on any atom is -0.314 e. The molecular formula is C11H22N2. The second kappa shape index (κ2) is 5.95. The van der Waals surface area contributed by atoms with E-state index >= 15 is 0 Å². The van der Waals surface area contributed by atoms with Crippen molar-refractivity contribution in [2.45, 2.75) is 19.4 Å². The van der Waals surface area contributed by atoms with Crippen LogP contribution in [0.4, 0.5) is 0 Å². The summed E-state index contributed by atoms with van der Waals surface area (Å²) in [6.07, 6.45) is 3.85. The fourth-order valence-electron chi connectivity index (χ4n) is 1.21. The molecule has 0 amide bonds. The average molecular weight is 182 g/mol. The summed E-state index contributed by atoms with van der Waals surface area (Å²) < 4.78 is 0. The van der Waals surface area contributed by atoms with Crippen LogP contribution in [-0.2, 0) is 0 Å². The van der Waals surface area contributed by atoms with Gasteiger partial charge in [-0.25, -0.2) is 0 Å². The Kier molecular flexibility index (Phi) is 5.67. The highest BCUT2D eigenvalue weighted by Crippen LogP contribution is 2.04. The molecule has 0 aliphatic heterocycles. The Balaban J connectivity index is 4.06. The van der Waals surface area contributed by atoms with Crippen molar-refractivity contribution in [1.29, 1.82) is 0 Å². The minimum absolute atomic E-state index is 0.145. The SMILES string of the molecule is C=CCN(CC=C)CC(C)(C)NC. The third kappa shape index (κ3) is 5.61. The van der Waals surface area contributed by atoms with Gasteiger partial charge in [0, 0.05) is 25.2 Å². The quantitative estimate of drug-likeness (QED) is 0.602. The zero-order valence-electron chi connectivity index (χ0n) is 9.14. The number of hydrogen-bond acceptors (Lipinski definition) is 2. The van der Waals surface area contributed by atoms with Gasteiger partial charge in [-0.2, -0.15) is 0 Å². The van der Waals surface area contributed by atoms with Crippen molar-refractivity contribution < 1.29 is 0 Å². The number of hydrogen-bond donors (Lipinski definition) is 1. The first-order chi connectivity index (χ1) is 6.05. The number of rotatable bonds is 7. The van der Waals surface area contributed by atoms with Crippen molar-refractivity contribution in [3.05, 3.63) is 25.3 Å². The highest BCUT2D eigenvalue weighted by molar-refractivity contribution is 4.86. The van der Waals surface area contributed by atoms with Gasteiger partial charge in [0.15, 0.2) is 0 Å². The molecule has 13 heavy (non-hydrogen) atoms. The van der Waals surface area contributed by atoms with Crippen molar-refractivity contribution in [2.75, 3.05) is 26.7 Å². The van der Waals surface area contributed by atoms with Crippen LogP contribution in [0.25, 0.3) is 0 Å². The fourth-order valence-corrected chi connectivity index (χ4v) is 1.21. The van der Waals surface area contributed by atoms with Crippen LogP contribution in [0, 0.1) is 0 Å². The first-order valence-electron chi connectivity index (χ1n) is 4.69. The Morgan fingerprint density at radius 1 is 1.23 bits per heavy atom. The number of likely N-dealkylation sites (N-methyl/N-ethyl adjacent to an activating group) is 1. The van der Waals surface area contributed by atoms with Crippen molar-refractivity contribution >= 4 is 0 Å². The Morgan fingerprint density at radius 3 is 2.00 bits per heavy atom. The monoisotopic (exact) mass is 182 g/mol. The molecule has 0 spiro atoms. The van der Waals surface area contributed by atoms with Crippen molar-refractivity contribution in [3.8, 4) is 0 Å². The van der Waals surface area contributed by atoms with E-state index < -0.39 is 0 Å². The molecule has 0 heterocycles. The summed E-state index contributed by atoms with van der Waals surface area (Å²) in [5.74, 6) is 0. The summed E-state index contributed by atoms with van der Waals surface area (Å²) >= 11 is 0. The summed E-state index contributed by atoms with van der Waals surface area (Å²) in [5.41, 5.74) is 0.145. The number of nitrogens with zero attached hydrogens (tertiary/aromatic N) is 1. The fraction of sp³-hybridized carbons (Fsp3) is 0.636.